The number of likely N-dealkylation sites (tertiary alicyclic amines) is 1. The lowest BCUT2D eigenvalue weighted by molar-refractivity contribution is -0.142. The van der Waals surface area contributed by atoms with E-state index in [1.807, 2.05) is 9.80 Å². The average molecular weight is 376 g/mol. The van der Waals surface area contributed by atoms with E-state index in [-0.39, 0.29) is 23.2 Å². The molecule has 3 heterocycles. The number of piperidine rings is 1. The minimum Gasteiger partial charge on any atom is -0.340 e. The van der Waals surface area contributed by atoms with Gasteiger partial charge in [0.15, 0.2) is 5.69 Å². The van der Waals surface area contributed by atoms with Crippen molar-refractivity contribution >= 4 is 17.2 Å². The number of nitrogens with zero attached hydrogens (tertiary/aromatic N) is 3. The highest BCUT2D eigenvalue weighted by molar-refractivity contribution is 7.11. The molecule has 0 aliphatic carbocycles. The zero-order valence-corrected chi connectivity index (χ0v) is 15.0. The summed E-state index contributed by atoms with van der Waals surface area (Å²) in [7, 11) is 0. The molecule has 5 nitrogen and oxygen atoms in total. The smallest absolute Gasteiger partial charge is 0.340 e. The Labute approximate surface area is 149 Å². The van der Waals surface area contributed by atoms with Crippen LogP contribution in [-0.4, -0.2) is 60.0 Å². The molecular weight excluding hydrogens is 353 g/mol. The van der Waals surface area contributed by atoms with Crippen molar-refractivity contribution in [3.05, 3.63) is 15.6 Å². The number of carbonyl (C=O) groups is 1. The van der Waals surface area contributed by atoms with Crippen molar-refractivity contribution in [3.8, 4) is 0 Å². The van der Waals surface area contributed by atoms with Crippen molar-refractivity contribution in [1.82, 2.24) is 20.1 Å². The summed E-state index contributed by atoms with van der Waals surface area (Å²) in [6.45, 7) is 6.08. The first-order valence-corrected chi connectivity index (χ1v) is 9.41. The van der Waals surface area contributed by atoms with Crippen LogP contribution in [0, 0.1) is 12.8 Å². The lowest BCUT2D eigenvalue weighted by atomic mass is 9.96. The quantitative estimate of drug-likeness (QED) is 0.878. The van der Waals surface area contributed by atoms with Crippen molar-refractivity contribution in [2.75, 3.05) is 39.3 Å². The number of carbonyl (C=O) groups excluding carboxylic acids is 1. The number of hydrogen-bond acceptors (Lipinski definition) is 5. The molecule has 1 amide bonds. The Morgan fingerprint density at radius 3 is 2.72 bits per heavy atom. The van der Waals surface area contributed by atoms with Crippen molar-refractivity contribution in [2.45, 2.75) is 32.5 Å². The summed E-state index contributed by atoms with van der Waals surface area (Å²) in [5, 5.41) is 3.64. The highest BCUT2D eigenvalue weighted by atomic mass is 32.1. The van der Waals surface area contributed by atoms with Gasteiger partial charge in [-0.1, -0.05) is 0 Å². The molecule has 1 N–H and O–H groups in total. The molecule has 1 aromatic rings. The van der Waals surface area contributed by atoms with Gasteiger partial charge in [-0.15, -0.1) is 11.3 Å². The largest absolute Gasteiger partial charge is 0.434 e. The van der Waals surface area contributed by atoms with Crippen LogP contribution in [0.3, 0.4) is 0 Å². The van der Waals surface area contributed by atoms with Gasteiger partial charge >= 0.3 is 6.18 Å². The summed E-state index contributed by atoms with van der Waals surface area (Å²) in [6.07, 6.45) is -2.78. The predicted molar refractivity (Wildman–Crippen MR) is 89.3 cm³/mol. The molecule has 25 heavy (non-hydrogen) atoms. The topological polar surface area (TPSA) is 48.5 Å². The standard InChI is InChI=1S/C16H23F3N4OS/c1-11-21-14(16(17,18)19)13(25-11)10-22-6-2-3-12(9-22)15(24)23-7-4-20-5-8-23/h12,20H,2-10H2,1H3. The first kappa shape index (κ1) is 18.6. The SMILES string of the molecule is Cc1nc(C(F)(F)F)c(CN2CCCC(C(=O)N3CCNCC3)C2)s1. The summed E-state index contributed by atoms with van der Waals surface area (Å²) in [5.74, 6) is 0.0259. The number of halogens is 3. The van der Waals surface area contributed by atoms with E-state index in [1.165, 1.54) is 0 Å². The van der Waals surface area contributed by atoms with Crippen LogP contribution < -0.4 is 5.32 Å². The number of aryl methyl sites for hydroxylation is 1. The maximum atomic E-state index is 13.1. The number of alkyl halides is 3. The third-order valence-corrected chi connectivity index (χ3v) is 5.68. The van der Waals surface area contributed by atoms with E-state index in [2.05, 4.69) is 10.3 Å². The fourth-order valence-electron chi connectivity index (χ4n) is 3.55. The van der Waals surface area contributed by atoms with Gasteiger partial charge in [-0.3, -0.25) is 9.69 Å². The van der Waals surface area contributed by atoms with E-state index >= 15 is 0 Å². The van der Waals surface area contributed by atoms with E-state index in [9.17, 15) is 18.0 Å². The second kappa shape index (κ2) is 7.59. The monoisotopic (exact) mass is 376 g/mol. The second-order valence-electron chi connectivity index (χ2n) is 6.65. The first-order valence-electron chi connectivity index (χ1n) is 8.60. The third kappa shape index (κ3) is 4.51. The summed E-state index contributed by atoms with van der Waals surface area (Å²) in [4.78, 5) is 20.4. The molecule has 9 heteroatoms. The molecule has 0 aromatic carbocycles. The van der Waals surface area contributed by atoms with Gasteiger partial charge in [-0.25, -0.2) is 4.98 Å². The van der Waals surface area contributed by atoms with Crippen LogP contribution >= 0.6 is 11.3 Å². The lowest BCUT2D eigenvalue weighted by Gasteiger charge is -2.36. The van der Waals surface area contributed by atoms with Crippen molar-refractivity contribution in [3.63, 3.8) is 0 Å². The molecule has 2 aliphatic heterocycles. The van der Waals surface area contributed by atoms with Gasteiger partial charge in [-0.05, 0) is 26.3 Å². The summed E-state index contributed by atoms with van der Waals surface area (Å²) in [5.41, 5.74) is -0.773. The fraction of sp³-hybridized carbons (Fsp3) is 0.750. The predicted octanol–water partition coefficient (Wildman–Crippen LogP) is 2.11. The third-order valence-electron chi connectivity index (χ3n) is 4.72. The summed E-state index contributed by atoms with van der Waals surface area (Å²) >= 11 is 1.10. The number of aromatic nitrogens is 1. The Balaban J connectivity index is 1.65. The minimum absolute atomic E-state index is 0.116. The Bertz CT molecular complexity index is 613. The van der Waals surface area contributed by atoms with Gasteiger partial charge in [0.05, 0.1) is 15.8 Å². The lowest BCUT2D eigenvalue weighted by Crippen LogP contribution is -2.51. The maximum Gasteiger partial charge on any atom is 0.434 e. The molecule has 2 fully saturated rings. The molecule has 0 spiro atoms. The van der Waals surface area contributed by atoms with E-state index in [0.29, 0.717) is 24.6 Å². The van der Waals surface area contributed by atoms with E-state index in [4.69, 9.17) is 0 Å². The number of amides is 1. The average Bonchev–Trinajstić information content (AvgIpc) is 2.96. The first-order chi connectivity index (χ1) is 11.8. The highest BCUT2D eigenvalue weighted by Crippen LogP contribution is 2.35. The Kier molecular flexibility index (Phi) is 5.65. The molecule has 3 rings (SSSR count). The molecular formula is C16H23F3N4OS. The van der Waals surface area contributed by atoms with Crippen LogP contribution in [0.25, 0.3) is 0 Å². The zero-order valence-electron chi connectivity index (χ0n) is 14.2. The molecule has 1 aromatic heterocycles. The molecule has 140 valence electrons. The van der Waals surface area contributed by atoms with Gasteiger partial charge in [-0.2, -0.15) is 13.2 Å². The zero-order chi connectivity index (χ0) is 18.0. The molecule has 0 bridgehead atoms. The van der Waals surface area contributed by atoms with Crippen LogP contribution in [0.15, 0.2) is 0 Å². The fourth-order valence-corrected chi connectivity index (χ4v) is 4.54. The molecule has 2 saturated heterocycles. The van der Waals surface area contributed by atoms with Gasteiger partial charge in [0.25, 0.3) is 0 Å². The van der Waals surface area contributed by atoms with E-state index in [0.717, 1.165) is 43.8 Å². The normalized spacial score (nSPS) is 23.0. The van der Waals surface area contributed by atoms with E-state index < -0.39 is 11.9 Å². The van der Waals surface area contributed by atoms with Crippen LogP contribution in [0.5, 0.6) is 0 Å². The number of rotatable bonds is 3. The maximum absolute atomic E-state index is 13.1. The number of nitrogens with one attached hydrogen (secondary N) is 1. The molecule has 0 saturated carbocycles. The van der Waals surface area contributed by atoms with Crippen molar-refractivity contribution in [1.29, 1.82) is 0 Å². The second-order valence-corrected chi connectivity index (χ2v) is 7.94. The van der Waals surface area contributed by atoms with Crippen LogP contribution in [0.4, 0.5) is 13.2 Å². The van der Waals surface area contributed by atoms with Crippen molar-refractivity contribution in [2.24, 2.45) is 5.92 Å². The Morgan fingerprint density at radius 1 is 1.32 bits per heavy atom. The molecule has 1 unspecified atom stereocenters. The van der Waals surface area contributed by atoms with Gasteiger partial charge < -0.3 is 10.2 Å². The number of hydrogen-bond donors (Lipinski definition) is 1. The Morgan fingerprint density at radius 2 is 2.04 bits per heavy atom. The van der Waals surface area contributed by atoms with Gasteiger partial charge in [0, 0.05) is 39.3 Å². The van der Waals surface area contributed by atoms with Gasteiger partial charge in [0.1, 0.15) is 0 Å². The number of thiazole rings is 1. The molecule has 2 aliphatic rings. The van der Waals surface area contributed by atoms with Crippen LogP contribution in [0.1, 0.15) is 28.4 Å². The summed E-state index contributed by atoms with van der Waals surface area (Å²) < 4.78 is 39.4. The minimum atomic E-state index is -4.42. The number of piperazine rings is 1. The summed E-state index contributed by atoms with van der Waals surface area (Å²) in [6, 6.07) is 0. The van der Waals surface area contributed by atoms with Crippen LogP contribution in [-0.2, 0) is 17.5 Å². The Hall–Kier alpha value is -1.19. The van der Waals surface area contributed by atoms with Crippen molar-refractivity contribution < 1.29 is 18.0 Å². The van der Waals surface area contributed by atoms with E-state index in [1.54, 1.807) is 6.92 Å². The highest BCUT2D eigenvalue weighted by Gasteiger charge is 2.38. The van der Waals surface area contributed by atoms with Gasteiger partial charge in [0.2, 0.25) is 5.91 Å². The molecule has 1 atom stereocenters. The molecule has 0 radical (unpaired) electrons. The van der Waals surface area contributed by atoms with Crippen LogP contribution in [0.2, 0.25) is 0 Å².